The number of rotatable bonds is 6. The monoisotopic (exact) mass is 214 g/mol. The van der Waals surface area contributed by atoms with Crippen molar-refractivity contribution in [3.05, 3.63) is 0 Å². The van der Waals surface area contributed by atoms with Crippen LogP contribution in [0.1, 0.15) is 46.0 Å². The average molecular weight is 214 g/mol. The number of hydrogen-bond acceptors (Lipinski definition) is 3. The first kappa shape index (κ1) is 12.9. The second-order valence-electron chi connectivity index (χ2n) is 5.68. The van der Waals surface area contributed by atoms with Gasteiger partial charge in [-0.2, -0.15) is 0 Å². The van der Waals surface area contributed by atoms with E-state index in [9.17, 15) is 0 Å². The molecule has 0 bridgehead atoms. The summed E-state index contributed by atoms with van der Waals surface area (Å²) in [7, 11) is 0. The number of hydrogen-bond donors (Lipinski definition) is 3. The maximum Gasteiger partial charge on any atom is 0.0431 e. The molecule has 0 aromatic carbocycles. The molecule has 1 rings (SSSR count). The fourth-order valence-corrected chi connectivity index (χ4v) is 2.66. The van der Waals surface area contributed by atoms with E-state index in [0.29, 0.717) is 12.0 Å². The summed E-state index contributed by atoms with van der Waals surface area (Å²) in [5, 5.41) is 12.3. The van der Waals surface area contributed by atoms with Crippen molar-refractivity contribution in [1.29, 1.82) is 0 Å². The van der Waals surface area contributed by atoms with Gasteiger partial charge in [0.2, 0.25) is 0 Å². The molecule has 0 saturated heterocycles. The molecule has 0 spiro atoms. The molecule has 1 saturated carbocycles. The Bertz CT molecular complexity index is 194. The molecule has 15 heavy (non-hydrogen) atoms. The molecule has 1 aliphatic rings. The van der Waals surface area contributed by atoms with E-state index in [-0.39, 0.29) is 5.54 Å². The summed E-state index contributed by atoms with van der Waals surface area (Å²) < 4.78 is 0. The molecule has 0 aliphatic heterocycles. The Hall–Kier alpha value is -0.120. The Morgan fingerprint density at radius 2 is 2.00 bits per heavy atom. The molecule has 90 valence electrons. The van der Waals surface area contributed by atoms with Gasteiger partial charge in [-0.3, -0.25) is 0 Å². The number of aliphatic hydroxyl groups excluding tert-OH is 1. The lowest BCUT2D eigenvalue weighted by Gasteiger charge is -2.31. The number of nitrogens with two attached hydrogens (primary N) is 1. The second kappa shape index (κ2) is 5.28. The largest absolute Gasteiger partial charge is 0.396 e. The normalized spacial score (nSPS) is 29.6. The van der Waals surface area contributed by atoms with Crippen LogP contribution in [-0.4, -0.2) is 30.3 Å². The summed E-state index contributed by atoms with van der Waals surface area (Å²) in [6.07, 6.45) is 5.55. The van der Waals surface area contributed by atoms with E-state index in [1.807, 2.05) is 0 Å². The highest BCUT2D eigenvalue weighted by Gasteiger charge is 2.41. The summed E-state index contributed by atoms with van der Waals surface area (Å²) in [6.45, 7) is 6.64. The predicted octanol–water partition coefficient (Wildman–Crippen LogP) is 1.26. The van der Waals surface area contributed by atoms with Gasteiger partial charge in [0.15, 0.2) is 0 Å². The van der Waals surface area contributed by atoms with Gasteiger partial charge < -0.3 is 16.2 Å². The van der Waals surface area contributed by atoms with Gasteiger partial charge in [-0.15, -0.1) is 0 Å². The van der Waals surface area contributed by atoms with Gasteiger partial charge >= 0.3 is 0 Å². The summed E-state index contributed by atoms with van der Waals surface area (Å²) >= 11 is 0. The fraction of sp³-hybridized carbons (Fsp3) is 1.00. The van der Waals surface area contributed by atoms with Crippen LogP contribution in [0.25, 0.3) is 0 Å². The summed E-state index contributed by atoms with van der Waals surface area (Å²) in [4.78, 5) is 0. The van der Waals surface area contributed by atoms with Gasteiger partial charge in [0.05, 0.1) is 0 Å². The van der Waals surface area contributed by atoms with Crippen LogP contribution in [-0.2, 0) is 0 Å². The van der Waals surface area contributed by atoms with Crippen LogP contribution >= 0.6 is 0 Å². The van der Waals surface area contributed by atoms with Gasteiger partial charge in [-0.1, -0.05) is 13.8 Å². The Kier molecular flexibility index (Phi) is 4.56. The standard InChI is InChI=1S/C12H26N2O/c1-11(2)5-6-12(9-11,10-13)14-7-3-4-8-15/h14-15H,3-10,13H2,1-2H3. The van der Waals surface area contributed by atoms with Crippen LogP contribution < -0.4 is 11.1 Å². The van der Waals surface area contributed by atoms with Crippen LogP contribution in [0.15, 0.2) is 0 Å². The molecule has 1 aliphatic carbocycles. The molecule has 0 aromatic rings. The number of nitrogens with one attached hydrogen (secondary N) is 1. The van der Waals surface area contributed by atoms with E-state index in [4.69, 9.17) is 10.8 Å². The molecule has 0 aromatic heterocycles. The van der Waals surface area contributed by atoms with E-state index in [1.54, 1.807) is 0 Å². The van der Waals surface area contributed by atoms with Gasteiger partial charge in [-0.25, -0.2) is 0 Å². The summed E-state index contributed by atoms with van der Waals surface area (Å²) in [5.41, 5.74) is 6.49. The molecule has 3 heteroatoms. The molecule has 3 nitrogen and oxygen atoms in total. The SMILES string of the molecule is CC1(C)CCC(CN)(NCCCCO)C1. The lowest BCUT2D eigenvalue weighted by atomic mass is 9.87. The van der Waals surface area contributed by atoms with Crippen molar-refractivity contribution in [2.75, 3.05) is 19.7 Å². The van der Waals surface area contributed by atoms with Gasteiger partial charge in [0.25, 0.3) is 0 Å². The molecule has 0 heterocycles. The minimum Gasteiger partial charge on any atom is -0.396 e. The minimum absolute atomic E-state index is 0.166. The van der Waals surface area contributed by atoms with E-state index in [1.165, 1.54) is 19.3 Å². The van der Waals surface area contributed by atoms with E-state index >= 15 is 0 Å². The van der Waals surface area contributed by atoms with Crippen molar-refractivity contribution < 1.29 is 5.11 Å². The summed E-state index contributed by atoms with van der Waals surface area (Å²) in [5.74, 6) is 0. The number of aliphatic hydroxyl groups is 1. The zero-order valence-electron chi connectivity index (χ0n) is 10.2. The highest BCUT2D eigenvalue weighted by molar-refractivity contribution is 5.00. The summed E-state index contributed by atoms with van der Waals surface area (Å²) in [6, 6.07) is 0. The zero-order valence-corrected chi connectivity index (χ0v) is 10.2. The molecule has 0 radical (unpaired) electrons. The van der Waals surface area contributed by atoms with Crippen LogP contribution in [0.3, 0.4) is 0 Å². The van der Waals surface area contributed by atoms with E-state index in [0.717, 1.165) is 25.9 Å². The first-order valence-corrected chi connectivity index (χ1v) is 6.10. The third-order valence-electron chi connectivity index (χ3n) is 3.57. The quantitative estimate of drug-likeness (QED) is 0.583. The first-order valence-electron chi connectivity index (χ1n) is 6.10. The van der Waals surface area contributed by atoms with Crippen molar-refractivity contribution in [2.24, 2.45) is 11.1 Å². The lowest BCUT2D eigenvalue weighted by molar-refractivity contribution is 0.266. The van der Waals surface area contributed by atoms with Crippen LogP contribution in [0.4, 0.5) is 0 Å². The van der Waals surface area contributed by atoms with Gasteiger partial charge in [-0.05, 0) is 44.1 Å². The molecule has 1 fully saturated rings. The van der Waals surface area contributed by atoms with Crippen molar-refractivity contribution in [1.82, 2.24) is 5.32 Å². The van der Waals surface area contributed by atoms with Crippen LogP contribution in [0.5, 0.6) is 0 Å². The number of unbranched alkanes of at least 4 members (excludes halogenated alkanes) is 1. The molecule has 1 unspecified atom stereocenters. The Morgan fingerprint density at radius 1 is 1.27 bits per heavy atom. The Morgan fingerprint density at radius 3 is 2.47 bits per heavy atom. The predicted molar refractivity (Wildman–Crippen MR) is 63.7 cm³/mol. The van der Waals surface area contributed by atoms with Crippen molar-refractivity contribution in [3.8, 4) is 0 Å². The third-order valence-corrected chi connectivity index (χ3v) is 3.57. The topological polar surface area (TPSA) is 58.3 Å². The van der Waals surface area contributed by atoms with Crippen molar-refractivity contribution >= 4 is 0 Å². The average Bonchev–Trinajstić information content (AvgIpc) is 2.50. The van der Waals surface area contributed by atoms with Gasteiger partial charge in [0, 0.05) is 18.7 Å². The fourth-order valence-electron chi connectivity index (χ4n) is 2.66. The zero-order chi connectivity index (χ0) is 11.4. The second-order valence-corrected chi connectivity index (χ2v) is 5.68. The Balaban J connectivity index is 2.35. The molecular formula is C12H26N2O. The van der Waals surface area contributed by atoms with Gasteiger partial charge in [0.1, 0.15) is 0 Å². The lowest BCUT2D eigenvalue weighted by Crippen LogP contribution is -2.50. The molecular weight excluding hydrogens is 188 g/mol. The van der Waals surface area contributed by atoms with E-state index in [2.05, 4.69) is 19.2 Å². The molecule has 1 atom stereocenters. The smallest absolute Gasteiger partial charge is 0.0431 e. The maximum absolute atomic E-state index is 8.71. The third kappa shape index (κ3) is 3.74. The van der Waals surface area contributed by atoms with Crippen molar-refractivity contribution in [3.63, 3.8) is 0 Å². The van der Waals surface area contributed by atoms with E-state index < -0.39 is 0 Å². The maximum atomic E-state index is 8.71. The first-order chi connectivity index (χ1) is 7.04. The minimum atomic E-state index is 0.166. The highest BCUT2D eigenvalue weighted by atomic mass is 16.2. The van der Waals surface area contributed by atoms with Crippen molar-refractivity contribution in [2.45, 2.75) is 51.5 Å². The molecule has 0 amide bonds. The van der Waals surface area contributed by atoms with Crippen LogP contribution in [0, 0.1) is 5.41 Å². The molecule has 4 N–H and O–H groups in total. The highest BCUT2D eigenvalue weighted by Crippen LogP contribution is 2.42. The Labute approximate surface area is 93.4 Å². The van der Waals surface area contributed by atoms with Crippen LogP contribution in [0.2, 0.25) is 0 Å².